The van der Waals surface area contributed by atoms with Crippen molar-refractivity contribution in [1.29, 1.82) is 0 Å². The first-order valence-electron chi connectivity index (χ1n) is 7.44. The van der Waals surface area contributed by atoms with Crippen molar-refractivity contribution >= 4 is 34.9 Å². The van der Waals surface area contributed by atoms with Crippen LogP contribution in [0.4, 0.5) is 4.39 Å². The second kappa shape index (κ2) is 7.99. The standard InChI is InChI=1S/C18H18ClFN2O.ClH/c1-21-11-17(23)18(13-3-2-4-15(20)9-13)22-8-7-12-5-6-14(19)10-16(12)22;/h2-10,17-18,21,23H,11H2,1H3;1H/t17-,18+;/m1./s1. The number of benzene rings is 2. The smallest absolute Gasteiger partial charge is 0.123 e. The Morgan fingerprint density at radius 1 is 1.21 bits per heavy atom. The number of rotatable bonds is 5. The molecule has 3 nitrogen and oxygen atoms in total. The van der Waals surface area contributed by atoms with E-state index in [1.807, 2.05) is 41.1 Å². The van der Waals surface area contributed by atoms with Gasteiger partial charge in [-0.05, 0) is 48.3 Å². The van der Waals surface area contributed by atoms with Gasteiger partial charge in [-0.15, -0.1) is 12.4 Å². The molecule has 0 unspecified atom stereocenters. The highest BCUT2D eigenvalue weighted by atomic mass is 35.5. The minimum atomic E-state index is -0.712. The van der Waals surface area contributed by atoms with E-state index in [1.54, 1.807) is 13.1 Å². The Morgan fingerprint density at radius 2 is 2.00 bits per heavy atom. The van der Waals surface area contributed by atoms with Crippen molar-refractivity contribution in [3.05, 3.63) is 71.1 Å². The number of nitrogens with zero attached hydrogens (tertiary/aromatic N) is 1. The number of aliphatic hydroxyl groups excluding tert-OH is 1. The van der Waals surface area contributed by atoms with E-state index in [0.717, 1.165) is 10.9 Å². The van der Waals surface area contributed by atoms with E-state index in [2.05, 4.69) is 5.32 Å². The van der Waals surface area contributed by atoms with Gasteiger partial charge in [0, 0.05) is 17.8 Å². The predicted octanol–water partition coefficient (Wildman–Crippen LogP) is 4.03. The highest BCUT2D eigenvalue weighted by molar-refractivity contribution is 6.31. The molecule has 1 aromatic heterocycles. The molecule has 0 saturated heterocycles. The van der Waals surface area contributed by atoms with Crippen molar-refractivity contribution in [1.82, 2.24) is 9.88 Å². The van der Waals surface area contributed by atoms with Crippen molar-refractivity contribution in [2.75, 3.05) is 13.6 Å². The Kier molecular flexibility index (Phi) is 6.24. The first kappa shape index (κ1) is 18.7. The Labute approximate surface area is 151 Å². The lowest BCUT2D eigenvalue weighted by molar-refractivity contribution is 0.132. The number of likely N-dealkylation sites (N-methyl/N-ethyl adjacent to an activating group) is 1. The van der Waals surface area contributed by atoms with Crippen LogP contribution in [0, 0.1) is 5.82 Å². The third-order valence-electron chi connectivity index (χ3n) is 3.95. The Morgan fingerprint density at radius 3 is 2.71 bits per heavy atom. The normalized spacial score (nSPS) is 13.5. The Hall–Kier alpha value is -1.59. The maximum atomic E-state index is 13.7. The lowest BCUT2D eigenvalue weighted by Crippen LogP contribution is -2.33. The molecule has 3 rings (SSSR count). The van der Waals surface area contributed by atoms with Crippen molar-refractivity contribution in [3.8, 4) is 0 Å². The fraction of sp³-hybridized carbons (Fsp3) is 0.222. The molecule has 0 spiro atoms. The minimum absolute atomic E-state index is 0. The number of nitrogens with one attached hydrogen (secondary N) is 1. The summed E-state index contributed by atoms with van der Waals surface area (Å²) in [6.07, 6.45) is 1.19. The molecule has 6 heteroatoms. The number of aromatic nitrogens is 1. The van der Waals surface area contributed by atoms with Gasteiger partial charge in [0.25, 0.3) is 0 Å². The van der Waals surface area contributed by atoms with E-state index in [9.17, 15) is 9.50 Å². The van der Waals surface area contributed by atoms with E-state index in [4.69, 9.17) is 11.6 Å². The van der Waals surface area contributed by atoms with Gasteiger partial charge in [-0.1, -0.05) is 29.8 Å². The largest absolute Gasteiger partial charge is 0.389 e. The van der Waals surface area contributed by atoms with Gasteiger partial charge in [0.2, 0.25) is 0 Å². The summed E-state index contributed by atoms with van der Waals surface area (Å²) in [5.41, 5.74) is 1.62. The quantitative estimate of drug-likeness (QED) is 0.713. The number of aliphatic hydroxyl groups is 1. The molecule has 0 radical (unpaired) electrons. The third-order valence-corrected chi connectivity index (χ3v) is 4.19. The summed E-state index contributed by atoms with van der Waals surface area (Å²) in [7, 11) is 1.77. The van der Waals surface area contributed by atoms with Gasteiger partial charge in [0.05, 0.1) is 17.7 Å². The number of fused-ring (bicyclic) bond motifs is 1. The van der Waals surface area contributed by atoms with Crippen molar-refractivity contribution in [2.24, 2.45) is 0 Å². The predicted molar refractivity (Wildman–Crippen MR) is 98.7 cm³/mol. The molecule has 2 aromatic carbocycles. The molecule has 0 aliphatic rings. The molecule has 24 heavy (non-hydrogen) atoms. The van der Waals surface area contributed by atoms with Gasteiger partial charge in [-0.25, -0.2) is 4.39 Å². The molecule has 0 amide bonds. The zero-order chi connectivity index (χ0) is 16.4. The molecule has 0 aliphatic heterocycles. The molecule has 0 aliphatic carbocycles. The van der Waals surface area contributed by atoms with Gasteiger partial charge in [-0.3, -0.25) is 0 Å². The average molecular weight is 369 g/mol. The maximum absolute atomic E-state index is 13.7. The molecule has 3 aromatic rings. The van der Waals surface area contributed by atoms with Crippen molar-refractivity contribution in [2.45, 2.75) is 12.1 Å². The van der Waals surface area contributed by atoms with Crippen LogP contribution in [0.2, 0.25) is 5.02 Å². The van der Waals surface area contributed by atoms with Gasteiger partial charge in [-0.2, -0.15) is 0 Å². The third kappa shape index (κ3) is 3.73. The molecule has 0 saturated carbocycles. The van der Waals surface area contributed by atoms with Gasteiger partial charge in [0.15, 0.2) is 0 Å². The highest BCUT2D eigenvalue weighted by Gasteiger charge is 2.24. The number of hydrogen-bond acceptors (Lipinski definition) is 2. The fourth-order valence-corrected chi connectivity index (χ4v) is 3.11. The number of hydrogen-bond donors (Lipinski definition) is 2. The molecule has 2 atom stereocenters. The van der Waals surface area contributed by atoms with Gasteiger partial charge >= 0.3 is 0 Å². The lowest BCUT2D eigenvalue weighted by Gasteiger charge is -2.26. The summed E-state index contributed by atoms with van der Waals surface area (Å²) in [5.74, 6) is -0.321. The van der Waals surface area contributed by atoms with Crippen LogP contribution in [-0.2, 0) is 0 Å². The monoisotopic (exact) mass is 368 g/mol. The summed E-state index contributed by atoms with van der Waals surface area (Å²) in [4.78, 5) is 0. The summed E-state index contributed by atoms with van der Waals surface area (Å²) in [6.45, 7) is 0.390. The van der Waals surface area contributed by atoms with Gasteiger partial charge < -0.3 is 15.0 Å². The Bertz CT molecular complexity index is 822. The van der Waals surface area contributed by atoms with Crippen LogP contribution in [0.25, 0.3) is 10.9 Å². The first-order chi connectivity index (χ1) is 11.1. The molecule has 128 valence electrons. The molecular weight excluding hydrogens is 350 g/mol. The first-order valence-corrected chi connectivity index (χ1v) is 7.82. The SMILES string of the molecule is CNC[C@@H](O)[C@H](c1cccc(F)c1)n1ccc2ccc(Cl)cc21.Cl. The van der Waals surface area contributed by atoms with E-state index < -0.39 is 12.1 Å². The zero-order valence-electron chi connectivity index (χ0n) is 13.1. The van der Waals surface area contributed by atoms with Crippen LogP contribution in [0.1, 0.15) is 11.6 Å². The van der Waals surface area contributed by atoms with E-state index in [-0.39, 0.29) is 18.2 Å². The maximum Gasteiger partial charge on any atom is 0.123 e. The second-order valence-corrected chi connectivity index (χ2v) is 5.99. The lowest BCUT2D eigenvalue weighted by atomic mass is 10.0. The number of halogens is 3. The topological polar surface area (TPSA) is 37.2 Å². The van der Waals surface area contributed by atoms with Crippen LogP contribution in [0.15, 0.2) is 54.7 Å². The summed E-state index contributed by atoms with van der Waals surface area (Å²) >= 11 is 6.12. The summed E-state index contributed by atoms with van der Waals surface area (Å²) in [5, 5.41) is 15.2. The van der Waals surface area contributed by atoms with Crippen molar-refractivity contribution in [3.63, 3.8) is 0 Å². The zero-order valence-corrected chi connectivity index (χ0v) is 14.7. The Balaban J connectivity index is 0.00000208. The molecular formula is C18H19Cl2FN2O. The molecule has 0 fully saturated rings. The van der Waals surface area contributed by atoms with Crippen LogP contribution in [-0.4, -0.2) is 29.4 Å². The van der Waals surface area contributed by atoms with E-state index in [1.165, 1.54) is 12.1 Å². The molecule has 1 heterocycles. The fourth-order valence-electron chi connectivity index (χ4n) is 2.94. The van der Waals surface area contributed by atoms with Crippen LogP contribution < -0.4 is 5.32 Å². The summed E-state index contributed by atoms with van der Waals surface area (Å²) < 4.78 is 15.6. The average Bonchev–Trinajstić information content (AvgIpc) is 2.91. The minimum Gasteiger partial charge on any atom is -0.389 e. The van der Waals surface area contributed by atoms with E-state index >= 15 is 0 Å². The van der Waals surface area contributed by atoms with Crippen LogP contribution >= 0.6 is 24.0 Å². The van der Waals surface area contributed by atoms with E-state index in [0.29, 0.717) is 17.1 Å². The van der Waals surface area contributed by atoms with Crippen molar-refractivity contribution < 1.29 is 9.50 Å². The second-order valence-electron chi connectivity index (χ2n) is 5.55. The highest BCUT2D eigenvalue weighted by Crippen LogP contribution is 2.29. The molecule has 0 bridgehead atoms. The summed E-state index contributed by atoms with van der Waals surface area (Å²) in [6, 6.07) is 13.5. The van der Waals surface area contributed by atoms with Crippen LogP contribution in [0.3, 0.4) is 0 Å². The molecule has 2 N–H and O–H groups in total. The van der Waals surface area contributed by atoms with Gasteiger partial charge in [0.1, 0.15) is 5.82 Å². The van der Waals surface area contributed by atoms with Crippen LogP contribution in [0.5, 0.6) is 0 Å².